The van der Waals surface area contributed by atoms with E-state index in [-0.39, 0.29) is 11.9 Å². The van der Waals surface area contributed by atoms with Crippen molar-refractivity contribution in [1.29, 1.82) is 0 Å². The van der Waals surface area contributed by atoms with Crippen LogP contribution >= 0.6 is 0 Å². The van der Waals surface area contributed by atoms with Gasteiger partial charge in [-0.25, -0.2) is 4.39 Å². The fraction of sp³-hybridized carbons (Fsp3) is 0.200. The first kappa shape index (κ1) is 11.8. The molecule has 2 heteroatoms. The van der Waals surface area contributed by atoms with E-state index in [1.165, 1.54) is 11.6 Å². The Balaban J connectivity index is 2.40. The van der Waals surface area contributed by atoms with Crippen molar-refractivity contribution < 1.29 is 4.39 Å². The molecule has 1 unspecified atom stereocenters. The van der Waals surface area contributed by atoms with Crippen LogP contribution in [-0.4, -0.2) is 7.05 Å². The Kier molecular flexibility index (Phi) is 3.55. The van der Waals surface area contributed by atoms with Gasteiger partial charge in [0, 0.05) is 0 Å². The van der Waals surface area contributed by atoms with E-state index >= 15 is 0 Å². The maximum absolute atomic E-state index is 13.2. The summed E-state index contributed by atoms with van der Waals surface area (Å²) in [5, 5.41) is 3.22. The summed E-state index contributed by atoms with van der Waals surface area (Å²) < 4.78 is 13.2. The lowest BCUT2D eigenvalue weighted by Gasteiger charge is -2.17. The minimum absolute atomic E-state index is 0.0330. The van der Waals surface area contributed by atoms with Crippen molar-refractivity contribution in [2.45, 2.75) is 13.0 Å². The highest BCUT2D eigenvalue weighted by Crippen LogP contribution is 2.22. The Morgan fingerprint density at radius 1 is 1.00 bits per heavy atom. The highest BCUT2D eigenvalue weighted by molar-refractivity contribution is 5.34. The van der Waals surface area contributed by atoms with Crippen LogP contribution in [0.3, 0.4) is 0 Å². The molecule has 0 aliphatic heterocycles. The van der Waals surface area contributed by atoms with Gasteiger partial charge in [0.1, 0.15) is 5.82 Å². The van der Waals surface area contributed by atoms with Crippen molar-refractivity contribution in [2.75, 3.05) is 7.05 Å². The van der Waals surface area contributed by atoms with E-state index in [1.807, 2.05) is 19.2 Å². The van der Waals surface area contributed by atoms with Crippen LogP contribution in [0.4, 0.5) is 4.39 Å². The largest absolute Gasteiger partial charge is 0.309 e. The third-order valence-electron chi connectivity index (χ3n) is 2.85. The van der Waals surface area contributed by atoms with Gasteiger partial charge in [-0.1, -0.05) is 42.0 Å². The highest BCUT2D eigenvalue weighted by Gasteiger charge is 2.12. The summed E-state index contributed by atoms with van der Waals surface area (Å²) in [6.07, 6.45) is 0. The minimum atomic E-state index is -0.199. The lowest BCUT2D eigenvalue weighted by Crippen LogP contribution is -2.17. The number of aryl methyl sites for hydroxylation is 1. The second-order valence-corrected chi connectivity index (χ2v) is 4.19. The lowest BCUT2D eigenvalue weighted by molar-refractivity contribution is 0.616. The second-order valence-electron chi connectivity index (χ2n) is 4.19. The quantitative estimate of drug-likeness (QED) is 0.850. The van der Waals surface area contributed by atoms with Crippen LogP contribution < -0.4 is 5.32 Å². The molecule has 0 saturated carbocycles. The minimum Gasteiger partial charge on any atom is -0.309 e. The van der Waals surface area contributed by atoms with Gasteiger partial charge in [-0.3, -0.25) is 0 Å². The van der Waals surface area contributed by atoms with Gasteiger partial charge in [0.25, 0.3) is 0 Å². The zero-order chi connectivity index (χ0) is 12.3. The Hall–Kier alpha value is -1.67. The van der Waals surface area contributed by atoms with Crippen molar-refractivity contribution in [3.05, 3.63) is 71.0 Å². The van der Waals surface area contributed by atoms with Crippen molar-refractivity contribution in [1.82, 2.24) is 5.32 Å². The average Bonchev–Trinajstić information content (AvgIpc) is 2.30. The molecule has 0 spiro atoms. The molecule has 17 heavy (non-hydrogen) atoms. The normalized spacial score (nSPS) is 12.4. The number of rotatable bonds is 3. The van der Waals surface area contributed by atoms with Gasteiger partial charge in [-0.15, -0.1) is 0 Å². The van der Waals surface area contributed by atoms with E-state index in [1.54, 1.807) is 12.1 Å². The van der Waals surface area contributed by atoms with Crippen molar-refractivity contribution in [2.24, 2.45) is 0 Å². The molecule has 0 amide bonds. The summed E-state index contributed by atoms with van der Waals surface area (Å²) in [4.78, 5) is 0. The zero-order valence-corrected chi connectivity index (χ0v) is 10.1. The fourth-order valence-corrected chi connectivity index (χ4v) is 2.06. The standard InChI is InChI=1S/C15H16FN/c1-11-5-3-6-12(9-11)15(17-2)13-7-4-8-14(16)10-13/h3-10,15,17H,1-2H3. The van der Waals surface area contributed by atoms with E-state index in [4.69, 9.17) is 0 Å². The molecule has 0 aromatic heterocycles. The summed E-state index contributed by atoms with van der Waals surface area (Å²) in [5.41, 5.74) is 3.30. The molecule has 1 nitrogen and oxygen atoms in total. The number of hydrogen-bond acceptors (Lipinski definition) is 1. The molecule has 2 aromatic carbocycles. The highest BCUT2D eigenvalue weighted by atomic mass is 19.1. The van der Waals surface area contributed by atoms with E-state index in [9.17, 15) is 4.39 Å². The van der Waals surface area contributed by atoms with Crippen LogP contribution in [0.25, 0.3) is 0 Å². The smallest absolute Gasteiger partial charge is 0.123 e. The summed E-state index contributed by atoms with van der Waals surface area (Å²) in [6.45, 7) is 2.06. The number of nitrogens with one attached hydrogen (secondary N) is 1. The Bertz CT molecular complexity index is 462. The Morgan fingerprint density at radius 3 is 2.24 bits per heavy atom. The van der Waals surface area contributed by atoms with Gasteiger partial charge in [0.2, 0.25) is 0 Å². The summed E-state index contributed by atoms with van der Waals surface area (Å²) in [5.74, 6) is -0.199. The van der Waals surface area contributed by atoms with Gasteiger partial charge in [-0.05, 0) is 37.2 Å². The molecule has 2 rings (SSSR count). The molecule has 88 valence electrons. The predicted octanol–water partition coefficient (Wildman–Crippen LogP) is 3.44. The molecule has 0 bridgehead atoms. The van der Waals surface area contributed by atoms with Crippen LogP contribution in [-0.2, 0) is 0 Å². The number of halogens is 1. The first-order chi connectivity index (χ1) is 8.20. The topological polar surface area (TPSA) is 12.0 Å². The Morgan fingerprint density at radius 2 is 1.65 bits per heavy atom. The molecular weight excluding hydrogens is 213 g/mol. The molecule has 1 N–H and O–H groups in total. The molecule has 0 saturated heterocycles. The monoisotopic (exact) mass is 229 g/mol. The number of hydrogen-bond donors (Lipinski definition) is 1. The lowest BCUT2D eigenvalue weighted by atomic mass is 9.97. The van der Waals surface area contributed by atoms with Gasteiger partial charge >= 0.3 is 0 Å². The van der Waals surface area contributed by atoms with Crippen LogP contribution in [0, 0.1) is 12.7 Å². The number of benzene rings is 2. The molecule has 0 heterocycles. The van der Waals surface area contributed by atoms with Gasteiger partial charge in [-0.2, -0.15) is 0 Å². The van der Waals surface area contributed by atoms with Crippen LogP contribution in [0.2, 0.25) is 0 Å². The first-order valence-electron chi connectivity index (χ1n) is 5.70. The van der Waals surface area contributed by atoms with Crippen molar-refractivity contribution in [3.63, 3.8) is 0 Å². The second kappa shape index (κ2) is 5.11. The summed E-state index contributed by atoms with van der Waals surface area (Å²) >= 11 is 0. The van der Waals surface area contributed by atoms with Crippen LogP contribution in [0.15, 0.2) is 48.5 Å². The summed E-state index contributed by atoms with van der Waals surface area (Å²) in [7, 11) is 1.89. The Labute approximate surface area is 101 Å². The molecular formula is C15H16FN. The van der Waals surface area contributed by atoms with Gasteiger partial charge < -0.3 is 5.32 Å². The first-order valence-corrected chi connectivity index (χ1v) is 5.70. The van der Waals surface area contributed by atoms with E-state index in [0.717, 1.165) is 11.1 Å². The summed E-state index contributed by atoms with van der Waals surface area (Å²) in [6, 6.07) is 15.0. The third-order valence-corrected chi connectivity index (χ3v) is 2.85. The third kappa shape index (κ3) is 2.71. The molecule has 0 fully saturated rings. The zero-order valence-electron chi connectivity index (χ0n) is 10.1. The van der Waals surface area contributed by atoms with Crippen LogP contribution in [0.1, 0.15) is 22.7 Å². The molecule has 0 aliphatic carbocycles. The van der Waals surface area contributed by atoms with Crippen LogP contribution in [0.5, 0.6) is 0 Å². The molecule has 0 radical (unpaired) electrons. The van der Waals surface area contributed by atoms with E-state index < -0.39 is 0 Å². The van der Waals surface area contributed by atoms with Gasteiger partial charge in [0.15, 0.2) is 0 Å². The van der Waals surface area contributed by atoms with E-state index in [2.05, 4.69) is 30.4 Å². The molecule has 2 aromatic rings. The maximum atomic E-state index is 13.2. The van der Waals surface area contributed by atoms with E-state index in [0.29, 0.717) is 0 Å². The molecule has 1 atom stereocenters. The van der Waals surface area contributed by atoms with Gasteiger partial charge in [0.05, 0.1) is 6.04 Å². The maximum Gasteiger partial charge on any atom is 0.123 e. The predicted molar refractivity (Wildman–Crippen MR) is 68.5 cm³/mol. The SMILES string of the molecule is CNC(c1cccc(C)c1)c1cccc(F)c1. The molecule has 0 aliphatic rings. The van der Waals surface area contributed by atoms with Crippen molar-refractivity contribution >= 4 is 0 Å². The van der Waals surface area contributed by atoms with Crippen molar-refractivity contribution in [3.8, 4) is 0 Å². The fourth-order valence-electron chi connectivity index (χ4n) is 2.06. The average molecular weight is 229 g/mol.